The van der Waals surface area contributed by atoms with Gasteiger partial charge in [-0.05, 0) is 75.1 Å². The molecule has 10 heteroatoms. The highest BCUT2D eigenvalue weighted by molar-refractivity contribution is 5.94. The highest BCUT2D eigenvalue weighted by Gasteiger charge is 2.42. The van der Waals surface area contributed by atoms with Crippen molar-refractivity contribution < 1.29 is 27.4 Å². The molecule has 0 N–H and O–H groups in total. The minimum atomic E-state index is -4.71. The quantitative estimate of drug-likeness (QED) is 0.434. The number of ether oxygens (including phenoxy) is 2. The summed E-state index contributed by atoms with van der Waals surface area (Å²) in [5.41, 5.74) is -0.552. The highest BCUT2D eigenvalue weighted by atomic mass is 19.4. The van der Waals surface area contributed by atoms with Crippen molar-refractivity contribution in [3.8, 4) is 22.8 Å². The SMILES string of the molecule is COc1ccc(-c2cc(C(F)(F)F)n3nc(C(=O)N4[C@@H](C)CC[C@@H]5C[C@@H](C)CC[C@@H]54)cc3n2)cc1OC. The number of carbonyl (C=O) groups is 1. The van der Waals surface area contributed by atoms with Gasteiger partial charge in [-0.3, -0.25) is 4.79 Å². The lowest BCUT2D eigenvalue weighted by Crippen LogP contribution is -2.54. The van der Waals surface area contributed by atoms with Crippen molar-refractivity contribution in [2.45, 2.75) is 64.2 Å². The number of amides is 1. The number of aromatic nitrogens is 3. The first-order chi connectivity index (χ1) is 17.6. The van der Waals surface area contributed by atoms with Crippen LogP contribution < -0.4 is 9.47 Å². The summed E-state index contributed by atoms with van der Waals surface area (Å²) >= 11 is 0. The van der Waals surface area contributed by atoms with Gasteiger partial charge in [-0.2, -0.15) is 18.3 Å². The molecule has 198 valence electrons. The van der Waals surface area contributed by atoms with Crippen molar-refractivity contribution >= 4 is 11.6 Å². The number of likely N-dealkylation sites (tertiary alicyclic amines) is 1. The molecule has 3 aromatic rings. The Morgan fingerprint density at radius 2 is 1.76 bits per heavy atom. The molecular weight excluding hydrogens is 485 g/mol. The van der Waals surface area contributed by atoms with Gasteiger partial charge in [-0.15, -0.1) is 0 Å². The van der Waals surface area contributed by atoms with E-state index in [1.807, 2.05) is 11.8 Å². The molecule has 3 heterocycles. The maximum absolute atomic E-state index is 14.1. The first kappa shape index (κ1) is 25.4. The fourth-order valence-electron chi connectivity index (χ4n) is 5.99. The van der Waals surface area contributed by atoms with E-state index in [1.165, 1.54) is 20.3 Å². The molecule has 2 aromatic heterocycles. The summed E-state index contributed by atoms with van der Waals surface area (Å²) in [6, 6.07) is 7.19. The van der Waals surface area contributed by atoms with Crippen molar-refractivity contribution in [2.24, 2.45) is 11.8 Å². The summed E-state index contributed by atoms with van der Waals surface area (Å²) in [6.45, 7) is 4.25. The number of nitrogens with zero attached hydrogens (tertiary/aromatic N) is 4. The van der Waals surface area contributed by atoms with Gasteiger partial charge in [0.2, 0.25) is 0 Å². The van der Waals surface area contributed by atoms with Crippen LogP contribution in [0.25, 0.3) is 16.9 Å². The average molecular weight is 517 g/mol. The number of alkyl halides is 3. The monoisotopic (exact) mass is 516 g/mol. The molecule has 1 amide bonds. The second kappa shape index (κ2) is 9.54. The predicted molar refractivity (Wildman–Crippen MR) is 132 cm³/mol. The van der Waals surface area contributed by atoms with Crippen molar-refractivity contribution in [1.82, 2.24) is 19.5 Å². The molecule has 1 aliphatic carbocycles. The van der Waals surface area contributed by atoms with Gasteiger partial charge in [0, 0.05) is 23.7 Å². The zero-order valence-electron chi connectivity index (χ0n) is 21.4. The van der Waals surface area contributed by atoms with Crippen LogP contribution in [0.4, 0.5) is 13.2 Å². The van der Waals surface area contributed by atoms with Gasteiger partial charge in [0.15, 0.2) is 28.5 Å². The van der Waals surface area contributed by atoms with Crippen LogP contribution in [-0.2, 0) is 6.18 Å². The van der Waals surface area contributed by atoms with Crippen molar-refractivity contribution in [3.05, 3.63) is 41.7 Å². The topological polar surface area (TPSA) is 69.0 Å². The molecule has 1 saturated heterocycles. The van der Waals surface area contributed by atoms with Crippen LogP contribution >= 0.6 is 0 Å². The molecule has 4 atom stereocenters. The van der Waals surface area contributed by atoms with Crippen LogP contribution in [0.3, 0.4) is 0 Å². The minimum absolute atomic E-state index is 0.00402. The van der Waals surface area contributed by atoms with E-state index in [1.54, 1.807) is 18.2 Å². The number of piperidine rings is 1. The molecule has 1 aliphatic heterocycles. The molecule has 0 bridgehead atoms. The van der Waals surface area contributed by atoms with Gasteiger partial charge in [0.1, 0.15) is 0 Å². The Hall–Kier alpha value is -3.30. The van der Waals surface area contributed by atoms with E-state index in [0.29, 0.717) is 28.9 Å². The highest BCUT2D eigenvalue weighted by Crippen LogP contribution is 2.41. The number of carbonyl (C=O) groups excluding carboxylic acids is 1. The zero-order valence-corrected chi connectivity index (χ0v) is 21.4. The Bertz CT molecular complexity index is 1320. The van der Waals surface area contributed by atoms with Crippen molar-refractivity contribution in [3.63, 3.8) is 0 Å². The van der Waals surface area contributed by atoms with E-state index >= 15 is 0 Å². The number of hydrogen-bond donors (Lipinski definition) is 0. The lowest BCUT2D eigenvalue weighted by Gasteiger charge is -2.48. The summed E-state index contributed by atoms with van der Waals surface area (Å²) in [4.78, 5) is 20.0. The molecule has 2 aliphatic rings. The summed E-state index contributed by atoms with van der Waals surface area (Å²) < 4.78 is 53.7. The number of halogens is 3. The zero-order chi connectivity index (χ0) is 26.5. The summed E-state index contributed by atoms with van der Waals surface area (Å²) in [5, 5.41) is 4.14. The number of fused-ring (bicyclic) bond motifs is 2. The van der Waals surface area contributed by atoms with Gasteiger partial charge >= 0.3 is 6.18 Å². The first-order valence-electron chi connectivity index (χ1n) is 12.6. The molecule has 2 fully saturated rings. The Balaban J connectivity index is 1.57. The van der Waals surface area contributed by atoms with E-state index in [9.17, 15) is 18.0 Å². The molecule has 1 saturated carbocycles. The minimum Gasteiger partial charge on any atom is -0.493 e. The number of hydrogen-bond acceptors (Lipinski definition) is 5. The standard InChI is InChI=1S/C27H31F3N4O3/c1-15-5-9-21-18(11-15)7-6-16(2)33(21)26(35)20-14-25-31-19(13-24(27(28,29)30)34(25)32-20)17-8-10-22(36-3)23(12-17)37-4/h8,10,12-16,18,21H,5-7,9,11H2,1-4H3/t15-,16-,18+,21-/m0/s1. The maximum Gasteiger partial charge on any atom is 0.433 e. The third kappa shape index (κ3) is 4.62. The largest absolute Gasteiger partial charge is 0.493 e. The normalized spacial score (nSPS) is 24.1. The number of methoxy groups -OCH3 is 2. The van der Waals surface area contributed by atoms with Crippen LogP contribution in [0, 0.1) is 11.8 Å². The van der Waals surface area contributed by atoms with Gasteiger partial charge in [-0.25, -0.2) is 9.50 Å². The van der Waals surface area contributed by atoms with Crippen molar-refractivity contribution in [2.75, 3.05) is 14.2 Å². The molecule has 5 rings (SSSR count). The fourth-order valence-corrected chi connectivity index (χ4v) is 5.99. The molecule has 7 nitrogen and oxygen atoms in total. The van der Waals surface area contributed by atoms with Gasteiger partial charge in [0.05, 0.1) is 19.9 Å². The smallest absolute Gasteiger partial charge is 0.433 e. The van der Waals surface area contributed by atoms with Gasteiger partial charge in [-0.1, -0.05) is 6.92 Å². The number of benzene rings is 1. The predicted octanol–water partition coefficient (Wildman–Crippen LogP) is 5.86. The summed E-state index contributed by atoms with van der Waals surface area (Å²) in [6.07, 6.45) is 0.257. The molecule has 0 radical (unpaired) electrons. The van der Waals surface area contributed by atoms with Crippen LogP contribution in [-0.4, -0.2) is 51.7 Å². The third-order valence-electron chi connectivity index (χ3n) is 7.84. The third-order valence-corrected chi connectivity index (χ3v) is 7.84. The summed E-state index contributed by atoms with van der Waals surface area (Å²) in [5.74, 6) is 1.53. The van der Waals surface area contributed by atoms with E-state index in [4.69, 9.17) is 9.47 Å². The van der Waals surface area contributed by atoms with Crippen LogP contribution in [0.1, 0.15) is 62.1 Å². The maximum atomic E-state index is 14.1. The molecule has 0 spiro atoms. The first-order valence-corrected chi connectivity index (χ1v) is 12.6. The second-order valence-corrected chi connectivity index (χ2v) is 10.3. The Morgan fingerprint density at radius 1 is 1.00 bits per heavy atom. The van der Waals surface area contributed by atoms with Crippen LogP contribution in [0.2, 0.25) is 0 Å². The average Bonchev–Trinajstić information content (AvgIpc) is 3.31. The van der Waals surface area contributed by atoms with E-state index in [0.717, 1.165) is 42.7 Å². The molecular formula is C27H31F3N4O3. The van der Waals surface area contributed by atoms with Crippen LogP contribution in [0.15, 0.2) is 30.3 Å². The lowest BCUT2D eigenvalue weighted by molar-refractivity contribution is -0.142. The van der Waals surface area contributed by atoms with Crippen molar-refractivity contribution in [1.29, 1.82) is 0 Å². The Labute approximate surface area is 213 Å². The van der Waals surface area contributed by atoms with Gasteiger partial charge in [0.25, 0.3) is 5.91 Å². The van der Waals surface area contributed by atoms with Crippen LogP contribution in [0.5, 0.6) is 11.5 Å². The fraction of sp³-hybridized carbons (Fsp3) is 0.519. The van der Waals surface area contributed by atoms with E-state index < -0.39 is 11.9 Å². The molecule has 37 heavy (non-hydrogen) atoms. The van der Waals surface area contributed by atoms with E-state index in [-0.39, 0.29) is 35.0 Å². The van der Waals surface area contributed by atoms with E-state index in [2.05, 4.69) is 17.0 Å². The lowest BCUT2D eigenvalue weighted by atomic mass is 9.72. The Morgan fingerprint density at radius 3 is 2.46 bits per heavy atom. The molecule has 0 unspecified atom stereocenters. The summed E-state index contributed by atoms with van der Waals surface area (Å²) in [7, 11) is 2.93. The Kier molecular flexibility index (Phi) is 6.53. The second-order valence-electron chi connectivity index (χ2n) is 10.3. The van der Waals surface area contributed by atoms with Gasteiger partial charge < -0.3 is 14.4 Å². The molecule has 1 aromatic carbocycles. The number of rotatable bonds is 4.